The summed E-state index contributed by atoms with van der Waals surface area (Å²) >= 11 is 0. The minimum atomic E-state index is -4.38. The predicted molar refractivity (Wildman–Crippen MR) is 210 cm³/mol. The van der Waals surface area contributed by atoms with Crippen LogP contribution in [0.15, 0.2) is 60.8 Å². The molecule has 0 aromatic heterocycles. The summed E-state index contributed by atoms with van der Waals surface area (Å²) in [7, 11) is -4.38. The van der Waals surface area contributed by atoms with E-state index in [1.807, 2.05) is 0 Å². The SMILES string of the molecule is CCC=CCC=CCC=CCC=CCCCCCCC(=O)O[C@H](COC(=O)CCCCCCCC=CCCCCCC)COP(=O)(O)OCCN. The van der Waals surface area contributed by atoms with Crippen molar-refractivity contribution in [2.24, 2.45) is 5.73 Å². The van der Waals surface area contributed by atoms with Gasteiger partial charge < -0.3 is 20.1 Å². The van der Waals surface area contributed by atoms with Crippen LogP contribution in [0.5, 0.6) is 0 Å². The Morgan fingerprint density at radius 3 is 1.63 bits per heavy atom. The number of phosphoric ester groups is 1. The molecule has 0 radical (unpaired) electrons. The van der Waals surface area contributed by atoms with Gasteiger partial charge in [0.2, 0.25) is 0 Å². The number of ether oxygens (including phenoxy) is 2. The number of nitrogens with two attached hydrogens (primary N) is 1. The van der Waals surface area contributed by atoms with E-state index in [1.165, 1.54) is 32.1 Å². The van der Waals surface area contributed by atoms with Crippen molar-refractivity contribution in [3.63, 3.8) is 0 Å². The highest BCUT2D eigenvalue weighted by atomic mass is 31.2. The average Bonchev–Trinajstić information content (AvgIpc) is 3.11. The number of allylic oxidation sites excluding steroid dienone is 10. The Bertz CT molecular complexity index is 1020. The van der Waals surface area contributed by atoms with Crippen LogP contribution in [0.1, 0.15) is 155 Å². The molecule has 0 rings (SSSR count). The van der Waals surface area contributed by atoms with Gasteiger partial charge in [-0.15, -0.1) is 0 Å². The lowest BCUT2D eigenvalue weighted by Crippen LogP contribution is -2.29. The molecule has 0 aliphatic rings. The van der Waals surface area contributed by atoms with Crippen LogP contribution in [0.2, 0.25) is 0 Å². The first kappa shape index (κ1) is 48.7. The van der Waals surface area contributed by atoms with E-state index in [2.05, 4.69) is 74.6 Å². The van der Waals surface area contributed by atoms with Crippen molar-refractivity contribution in [2.75, 3.05) is 26.4 Å². The molecule has 0 heterocycles. The summed E-state index contributed by atoms with van der Waals surface area (Å²) in [6.45, 7) is 3.54. The third kappa shape index (κ3) is 37.3. The number of unbranched alkanes of at least 4 members (excludes halogenated alkanes) is 13. The molecule has 0 saturated carbocycles. The summed E-state index contributed by atoms with van der Waals surface area (Å²) in [6, 6.07) is 0. The summed E-state index contributed by atoms with van der Waals surface area (Å²) in [5, 5.41) is 0. The van der Waals surface area contributed by atoms with Crippen molar-refractivity contribution in [1.82, 2.24) is 0 Å². The van der Waals surface area contributed by atoms with Gasteiger partial charge in [-0.3, -0.25) is 18.6 Å². The van der Waals surface area contributed by atoms with E-state index in [0.717, 1.165) is 83.5 Å². The molecule has 0 aliphatic heterocycles. The molecule has 0 spiro atoms. The first-order valence-corrected chi connectivity index (χ1v) is 21.3. The van der Waals surface area contributed by atoms with E-state index < -0.39 is 32.5 Å². The number of carbonyl (C=O) groups is 2. The van der Waals surface area contributed by atoms with Crippen molar-refractivity contribution in [1.29, 1.82) is 0 Å². The minimum Gasteiger partial charge on any atom is -0.462 e. The molecule has 0 fully saturated rings. The van der Waals surface area contributed by atoms with Gasteiger partial charge in [0.05, 0.1) is 13.2 Å². The summed E-state index contributed by atoms with van der Waals surface area (Å²) in [4.78, 5) is 34.7. The molecule has 2 atom stereocenters. The van der Waals surface area contributed by atoms with E-state index in [1.54, 1.807) is 0 Å². The molecular formula is C41H72NO8P. The number of carbonyl (C=O) groups excluding carboxylic acids is 2. The smallest absolute Gasteiger partial charge is 0.462 e. The second kappa shape index (κ2) is 37.5. The molecule has 3 N–H and O–H groups in total. The van der Waals surface area contributed by atoms with Crippen LogP contribution in [0.25, 0.3) is 0 Å². The molecule has 294 valence electrons. The van der Waals surface area contributed by atoms with Gasteiger partial charge in [0.25, 0.3) is 0 Å². The standard InChI is InChI=1S/C41H72NO8P/c1-3-5-7-9-11-13-15-17-18-19-20-22-24-26-28-30-32-34-41(44)50-39(38-49-51(45,46)48-36-35-42)37-47-40(43)33-31-29-27-25-23-21-16-14-12-10-8-6-4-2/h5,7,11,13-14,16-18,20,22,39H,3-4,6,8-10,12,15,19,21,23-38,42H2,1-2H3,(H,45,46)/t39-/m1/s1. The van der Waals surface area contributed by atoms with E-state index in [4.69, 9.17) is 24.3 Å². The Balaban J connectivity index is 4.28. The summed E-state index contributed by atoms with van der Waals surface area (Å²) in [5.74, 6) is -0.873. The topological polar surface area (TPSA) is 134 Å². The molecule has 0 aromatic carbocycles. The number of phosphoric acid groups is 1. The van der Waals surface area contributed by atoms with E-state index in [0.29, 0.717) is 12.8 Å². The Kier molecular flexibility index (Phi) is 35.8. The zero-order chi connectivity index (χ0) is 37.5. The molecule has 0 aliphatic carbocycles. The molecule has 0 saturated heterocycles. The zero-order valence-electron chi connectivity index (χ0n) is 32.1. The quantitative estimate of drug-likeness (QED) is 0.0279. The Morgan fingerprint density at radius 1 is 0.608 bits per heavy atom. The van der Waals surface area contributed by atoms with Crippen LogP contribution in [0, 0.1) is 0 Å². The van der Waals surface area contributed by atoms with Crippen molar-refractivity contribution < 1.29 is 37.6 Å². The number of hydrogen-bond acceptors (Lipinski definition) is 8. The van der Waals surface area contributed by atoms with Gasteiger partial charge in [-0.1, -0.05) is 126 Å². The predicted octanol–water partition coefficient (Wildman–Crippen LogP) is 10.9. The number of rotatable bonds is 36. The van der Waals surface area contributed by atoms with Gasteiger partial charge in [-0.25, -0.2) is 4.57 Å². The monoisotopic (exact) mass is 737 g/mol. The molecule has 1 unspecified atom stereocenters. The number of hydrogen-bond donors (Lipinski definition) is 2. The lowest BCUT2D eigenvalue weighted by atomic mass is 10.1. The molecule has 10 heteroatoms. The van der Waals surface area contributed by atoms with Crippen LogP contribution in [0.3, 0.4) is 0 Å². The van der Waals surface area contributed by atoms with Gasteiger partial charge in [0.1, 0.15) is 6.61 Å². The molecular weight excluding hydrogens is 665 g/mol. The van der Waals surface area contributed by atoms with Crippen molar-refractivity contribution in [3.8, 4) is 0 Å². The highest BCUT2D eigenvalue weighted by Gasteiger charge is 2.25. The summed E-state index contributed by atoms with van der Waals surface area (Å²) < 4.78 is 32.6. The van der Waals surface area contributed by atoms with Gasteiger partial charge in [0.15, 0.2) is 6.10 Å². The fraction of sp³-hybridized carbons (Fsp3) is 0.707. The molecule has 0 bridgehead atoms. The molecule has 0 amide bonds. The molecule has 0 aromatic rings. The van der Waals surface area contributed by atoms with Gasteiger partial charge >= 0.3 is 19.8 Å². The average molecular weight is 738 g/mol. The molecule has 51 heavy (non-hydrogen) atoms. The first-order valence-electron chi connectivity index (χ1n) is 19.8. The van der Waals surface area contributed by atoms with Crippen LogP contribution in [-0.4, -0.2) is 49.3 Å². The van der Waals surface area contributed by atoms with Crippen LogP contribution in [-0.2, 0) is 32.7 Å². The van der Waals surface area contributed by atoms with E-state index in [-0.39, 0.29) is 32.6 Å². The van der Waals surface area contributed by atoms with Gasteiger partial charge in [-0.05, 0) is 77.0 Å². The maximum absolute atomic E-state index is 12.5. The summed E-state index contributed by atoms with van der Waals surface area (Å²) in [5.41, 5.74) is 5.33. The van der Waals surface area contributed by atoms with Gasteiger partial charge in [0, 0.05) is 19.4 Å². The van der Waals surface area contributed by atoms with Crippen LogP contribution < -0.4 is 5.73 Å². The van der Waals surface area contributed by atoms with Crippen molar-refractivity contribution >= 4 is 19.8 Å². The third-order valence-electron chi connectivity index (χ3n) is 7.89. The van der Waals surface area contributed by atoms with Crippen LogP contribution in [0.4, 0.5) is 0 Å². The largest absolute Gasteiger partial charge is 0.472 e. The van der Waals surface area contributed by atoms with Gasteiger partial charge in [-0.2, -0.15) is 0 Å². The van der Waals surface area contributed by atoms with Crippen LogP contribution >= 0.6 is 7.82 Å². The third-order valence-corrected chi connectivity index (χ3v) is 8.87. The fourth-order valence-corrected chi connectivity index (χ4v) is 5.74. The number of esters is 2. The summed E-state index contributed by atoms with van der Waals surface area (Å²) in [6.07, 6.45) is 42.5. The maximum Gasteiger partial charge on any atom is 0.472 e. The maximum atomic E-state index is 12.5. The Hall–Kier alpha value is -2.29. The molecule has 9 nitrogen and oxygen atoms in total. The zero-order valence-corrected chi connectivity index (χ0v) is 33.0. The van der Waals surface area contributed by atoms with E-state index >= 15 is 0 Å². The lowest BCUT2D eigenvalue weighted by molar-refractivity contribution is -0.161. The minimum absolute atomic E-state index is 0.0453. The lowest BCUT2D eigenvalue weighted by Gasteiger charge is -2.19. The highest BCUT2D eigenvalue weighted by Crippen LogP contribution is 2.43. The Labute approximate surface area is 310 Å². The van der Waals surface area contributed by atoms with Crippen molar-refractivity contribution in [3.05, 3.63) is 60.8 Å². The second-order valence-corrected chi connectivity index (χ2v) is 14.2. The normalized spacial score (nSPS) is 14.0. The van der Waals surface area contributed by atoms with E-state index in [9.17, 15) is 19.0 Å². The second-order valence-electron chi connectivity index (χ2n) is 12.8. The fourth-order valence-electron chi connectivity index (χ4n) is 4.97. The Morgan fingerprint density at radius 2 is 1.08 bits per heavy atom. The van der Waals surface area contributed by atoms with Crippen molar-refractivity contribution in [2.45, 2.75) is 161 Å². The first-order chi connectivity index (χ1) is 24.8. The highest BCUT2D eigenvalue weighted by molar-refractivity contribution is 7.47.